The molecule has 0 amide bonds. The third kappa shape index (κ3) is 4.20. The maximum atomic E-state index is 10.2. The van der Waals surface area contributed by atoms with Gasteiger partial charge in [0.05, 0.1) is 19.8 Å². The van der Waals surface area contributed by atoms with Crippen LogP contribution < -0.4 is 15.2 Å². The molecule has 2 rings (SSSR count). The van der Waals surface area contributed by atoms with Gasteiger partial charge in [-0.1, -0.05) is 29.4 Å². The van der Waals surface area contributed by atoms with Crippen molar-refractivity contribution in [1.29, 1.82) is 0 Å². The largest absolute Gasteiger partial charge is 0.493 e. The van der Waals surface area contributed by atoms with Crippen LogP contribution in [0.2, 0.25) is 0 Å². The van der Waals surface area contributed by atoms with E-state index in [0.29, 0.717) is 26.2 Å². The Labute approximate surface area is 136 Å². The van der Waals surface area contributed by atoms with Gasteiger partial charge in [0.15, 0.2) is 0 Å². The molecule has 0 unspecified atom stereocenters. The van der Waals surface area contributed by atoms with Crippen molar-refractivity contribution in [2.45, 2.75) is 26.7 Å². The summed E-state index contributed by atoms with van der Waals surface area (Å²) in [6.07, 6.45) is 1.44. The molecule has 0 spiro atoms. The number of aryl methyl sites for hydroxylation is 2. The van der Waals surface area contributed by atoms with Gasteiger partial charge < -0.3 is 15.2 Å². The smallest absolute Gasteiger partial charge is 0.130 e. The van der Waals surface area contributed by atoms with Crippen LogP contribution in [0.15, 0.2) is 29.4 Å². The molecule has 2 aromatic carbocycles. The molecule has 0 radical (unpaired) electrons. The first-order chi connectivity index (χ1) is 11.2. The number of fused-ring (bicyclic) bond motifs is 1. The molecule has 0 aliphatic heterocycles. The predicted octanol–water partition coefficient (Wildman–Crippen LogP) is 3.72. The third-order valence-electron chi connectivity index (χ3n) is 3.73. The highest BCUT2D eigenvalue weighted by atomic mass is 16.5. The molecule has 0 aliphatic rings. The van der Waals surface area contributed by atoms with Gasteiger partial charge in [-0.15, -0.1) is 0 Å². The van der Waals surface area contributed by atoms with E-state index in [1.807, 2.05) is 26.0 Å². The van der Waals surface area contributed by atoms with Gasteiger partial charge in [0.2, 0.25) is 0 Å². The van der Waals surface area contributed by atoms with E-state index < -0.39 is 0 Å². The van der Waals surface area contributed by atoms with E-state index >= 15 is 0 Å². The summed E-state index contributed by atoms with van der Waals surface area (Å²) in [6.45, 7) is 6.02. The van der Waals surface area contributed by atoms with E-state index in [1.165, 1.54) is 0 Å². The quantitative estimate of drug-likeness (QED) is 0.565. The van der Waals surface area contributed by atoms with Gasteiger partial charge in [0.1, 0.15) is 11.5 Å². The summed E-state index contributed by atoms with van der Waals surface area (Å²) in [5, 5.41) is 4.92. The second-order valence-corrected chi connectivity index (χ2v) is 5.56. The van der Waals surface area contributed by atoms with Crippen molar-refractivity contribution in [2.24, 2.45) is 10.9 Å². The van der Waals surface area contributed by atoms with Crippen molar-refractivity contribution >= 4 is 10.8 Å². The number of nitrogens with zero attached hydrogens (tertiary/aromatic N) is 1. The van der Waals surface area contributed by atoms with Crippen LogP contribution >= 0.6 is 0 Å². The Morgan fingerprint density at radius 2 is 1.43 bits per heavy atom. The van der Waals surface area contributed by atoms with E-state index in [4.69, 9.17) is 15.2 Å². The number of benzene rings is 2. The summed E-state index contributed by atoms with van der Waals surface area (Å²) in [7, 11) is 0. The van der Waals surface area contributed by atoms with Crippen LogP contribution in [0.25, 0.3) is 10.8 Å². The Kier molecular flexibility index (Phi) is 6.35. The van der Waals surface area contributed by atoms with Gasteiger partial charge in [0.25, 0.3) is 0 Å². The highest BCUT2D eigenvalue weighted by Gasteiger charge is 2.12. The lowest BCUT2D eigenvalue weighted by Gasteiger charge is -2.16. The molecule has 5 heteroatoms. The van der Waals surface area contributed by atoms with E-state index in [0.717, 1.165) is 39.8 Å². The third-order valence-corrected chi connectivity index (χ3v) is 3.73. The van der Waals surface area contributed by atoms with Gasteiger partial charge in [-0.3, -0.25) is 0 Å². The first-order valence-electron chi connectivity index (χ1n) is 7.96. The second-order valence-electron chi connectivity index (χ2n) is 5.56. The number of ether oxygens (including phenoxy) is 2. The number of nitroso groups, excluding NO2 is 1. The summed E-state index contributed by atoms with van der Waals surface area (Å²) in [5.41, 5.74) is 7.69. The molecular formula is C18H24N2O3. The van der Waals surface area contributed by atoms with Crippen molar-refractivity contribution in [1.82, 2.24) is 0 Å². The number of hydrogen-bond donors (Lipinski definition) is 1. The second kappa shape index (κ2) is 8.48. The van der Waals surface area contributed by atoms with Gasteiger partial charge >= 0.3 is 0 Å². The molecule has 0 atom stereocenters. The highest BCUT2D eigenvalue weighted by Crippen LogP contribution is 2.37. The Hall–Kier alpha value is -2.14. The van der Waals surface area contributed by atoms with E-state index in [1.54, 1.807) is 0 Å². The van der Waals surface area contributed by atoms with Crippen molar-refractivity contribution < 1.29 is 9.47 Å². The summed E-state index contributed by atoms with van der Waals surface area (Å²) < 4.78 is 11.8. The minimum absolute atomic E-state index is 0.274. The van der Waals surface area contributed by atoms with Crippen molar-refractivity contribution in [2.75, 3.05) is 26.3 Å². The number of rotatable bonds is 9. The summed E-state index contributed by atoms with van der Waals surface area (Å²) in [6, 6.07) is 8.19. The lowest BCUT2D eigenvalue weighted by atomic mass is 10.0. The monoisotopic (exact) mass is 316 g/mol. The maximum Gasteiger partial charge on any atom is 0.130 e. The van der Waals surface area contributed by atoms with Crippen LogP contribution in [0.4, 0.5) is 0 Å². The normalized spacial score (nSPS) is 10.7. The van der Waals surface area contributed by atoms with Crippen LogP contribution in [0.1, 0.15) is 24.0 Å². The molecule has 0 fully saturated rings. The molecule has 0 saturated carbocycles. The zero-order chi connectivity index (χ0) is 16.7. The molecule has 0 saturated heterocycles. The average molecular weight is 316 g/mol. The Morgan fingerprint density at radius 1 is 0.913 bits per heavy atom. The highest BCUT2D eigenvalue weighted by molar-refractivity contribution is 5.95. The summed E-state index contributed by atoms with van der Waals surface area (Å²) >= 11 is 0. The molecule has 0 aromatic heterocycles. The number of hydrogen-bond acceptors (Lipinski definition) is 5. The summed E-state index contributed by atoms with van der Waals surface area (Å²) in [4.78, 5) is 10.2. The minimum atomic E-state index is 0.274. The minimum Gasteiger partial charge on any atom is -0.493 e. The topological polar surface area (TPSA) is 73.9 Å². The van der Waals surface area contributed by atoms with Crippen LogP contribution in [-0.2, 0) is 0 Å². The Bertz CT molecular complexity index is 671. The van der Waals surface area contributed by atoms with Gasteiger partial charge in [0, 0.05) is 17.2 Å². The maximum absolute atomic E-state index is 10.2. The van der Waals surface area contributed by atoms with Gasteiger partial charge in [-0.05, 0) is 37.9 Å². The van der Waals surface area contributed by atoms with E-state index in [2.05, 4.69) is 17.3 Å². The van der Waals surface area contributed by atoms with Crippen molar-refractivity contribution in [3.05, 3.63) is 40.3 Å². The van der Waals surface area contributed by atoms with Crippen LogP contribution in [0, 0.1) is 18.8 Å². The molecule has 0 bridgehead atoms. The zero-order valence-electron chi connectivity index (χ0n) is 13.8. The van der Waals surface area contributed by atoms with Crippen LogP contribution in [0.3, 0.4) is 0 Å². The van der Waals surface area contributed by atoms with Crippen LogP contribution in [-0.4, -0.2) is 26.3 Å². The lowest BCUT2D eigenvalue weighted by molar-refractivity contribution is 0.311. The fourth-order valence-corrected chi connectivity index (χ4v) is 2.51. The first kappa shape index (κ1) is 17.2. The molecule has 23 heavy (non-hydrogen) atoms. The Balaban J connectivity index is 2.33. The Morgan fingerprint density at radius 3 is 1.91 bits per heavy atom. The molecule has 5 nitrogen and oxygen atoms in total. The molecule has 2 N–H and O–H groups in total. The van der Waals surface area contributed by atoms with Crippen LogP contribution in [0.5, 0.6) is 11.5 Å². The molecule has 2 aromatic rings. The predicted molar refractivity (Wildman–Crippen MR) is 93.4 cm³/mol. The lowest BCUT2D eigenvalue weighted by Crippen LogP contribution is -2.07. The molecular weight excluding hydrogens is 292 g/mol. The first-order valence-corrected chi connectivity index (χ1v) is 7.96. The fraction of sp³-hybridized carbons (Fsp3) is 0.444. The SMILES string of the molecule is Cc1ccc2c(OCCCN=O)c(C)ccc2c1OCCCN. The van der Waals surface area contributed by atoms with E-state index in [-0.39, 0.29) is 6.54 Å². The molecule has 0 heterocycles. The zero-order valence-corrected chi connectivity index (χ0v) is 13.8. The van der Waals surface area contributed by atoms with Gasteiger partial charge in [-0.2, -0.15) is 4.91 Å². The molecule has 124 valence electrons. The van der Waals surface area contributed by atoms with Gasteiger partial charge in [-0.25, -0.2) is 0 Å². The van der Waals surface area contributed by atoms with Crippen molar-refractivity contribution in [3.63, 3.8) is 0 Å². The fourth-order valence-electron chi connectivity index (χ4n) is 2.51. The average Bonchev–Trinajstić information content (AvgIpc) is 2.55. The van der Waals surface area contributed by atoms with E-state index in [9.17, 15) is 4.91 Å². The number of nitrogens with two attached hydrogens (primary N) is 1. The summed E-state index contributed by atoms with van der Waals surface area (Å²) in [5.74, 6) is 1.73. The van der Waals surface area contributed by atoms with Crippen molar-refractivity contribution in [3.8, 4) is 11.5 Å². The standard InChI is InChI=1S/C18H24N2O3/c1-13-5-8-16-15(17(13)22-11-3-9-19)7-6-14(2)18(16)23-12-4-10-20-21/h5-8H,3-4,9-12,19H2,1-2H3. The molecule has 0 aliphatic carbocycles.